The molecule has 12 heavy (non-hydrogen) atoms. The summed E-state index contributed by atoms with van der Waals surface area (Å²) in [5, 5.41) is 0. The molecule has 0 spiro atoms. The maximum absolute atomic E-state index is 5.79. The molecule has 0 aromatic rings. The molecule has 2 atom stereocenters. The Morgan fingerprint density at radius 1 is 1.33 bits per heavy atom. The van der Waals surface area contributed by atoms with Crippen molar-refractivity contribution < 1.29 is 4.74 Å². The first-order valence-corrected chi connectivity index (χ1v) is 5.45. The summed E-state index contributed by atoms with van der Waals surface area (Å²) in [5.74, 6) is 1.27. The highest BCUT2D eigenvalue weighted by Gasteiger charge is 2.07. The van der Waals surface area contributed by atoms with Crippen LogP contribution >= 0.6 is 11.6 Å². The van der Waals surface area contributed by atoms with Crippen molar-refractivity contribution in [2.75, 3.05) is 12.5 Å². The SMILES string of the molecule is CCCC(CCl)COC(C)CC. The number of alkyl halides is 1. The predicted molar refractivity (Wildman–Crippen MR) is 54.8 cm³/mol. The van der Waals surface area contributed by atoms with Crippen LogP contribution in [0.3, 0.4) is 0 Å². The third-order valence-corrected chi connectivity index (χ3v) is 2.54. The van der Waals surface area contributed by atoms with Crippen molar-refractivity contribution in [3.8, 4) is 0 Å². The summed E-state index contributed by atoms with van der Waals surface area (Å²) in [7, 11) is 0. The van der Waals surface area contributed by atoms with E-state index in [0.29, 0.717) is 12.0 Å². The van der Waals surface area contributed by atoms with Gasteiger partial charge in [0.25, 0.3) is 0 Å². The molecule has 0 radical (unpaired) electrons. The minimum Gasteiger partial charge on any atom is -0.378 e. The van der Waals surface area contributed by atoms with Crippen LogP contribution in [-0.4, -0.2) is 18.6 Å². The average Bonchev–Trinajstić information content (AvgIpc) is 2.11. The number of rotatable bonds is 7. The molecule has 0 N–H and O–H groups in total. The molecule has 74 valence electrons. The minimum absolute atomic E-state index is 0.382. The molecule has 0 rings (SSSR count). The van der Waals surface area contributed by atoms with E-state index in [-0.39, 0.29) is 0 Å². The van der Waals surface area contributed by atoms with Gasteiger partial charge in [0.2, 0.25) is 0 Å². The van der Waals surface area contributed by atoms with Gasteiger partial charge in [0, 0.05) is 5.88 Å². The first kappa shape index (κ1) is 12.2. The van der Waals surface area contributed by atoms with Crippen molar-refractivity contribution in [1.82, 2.24) is 0 Å². The van der Waals surface area contributed by atoms with E-state index in [0.717, 1.165) is 18.9 Å². The molecule has 0 heterocycles. The summed E-state index contributed by atoms with van der Waals surface area (Å²) < 4.78 is 5.61. The van der Waals surface area contributed by atoms with Crippen molar-refractivity contribution in [2.45, 2.75) is 46.1 Å². The largest absolute Gasteiger partial charge is 0.378 e. The first-order chi connectivity index (χ1) is 5.74. The van der Waals surface area contributed by atoms with Gasteiger partial charge in [-0.05, 0) is 25.7 Å². The van der Waals surface area contributed by atoms with Gasteiger partial charge in [0.15, 0.2) is 0 Å². The van der Waals surface area contributed by atoms with E-state index in [4.69, 9.17) is 16.3 Å². The van der Waals surface area contributed by atoms with Gasteiger partial charge in [0.1, 0.15) is 0 Å². The Morgan fingerprint density at radius 3 is 2.42 bits per heavy atom. The van der Waals surface area contributed by atoms with Crippen LogP contribution in [0.15, 0.2) is 0 Å². The van der Waals surface area contributed by atoms with E-state index >= 15 is 0 Å². The van der Waals surface area contributed by atoms with Crippen LogP contribution in [0, 0.1) is 5.92 Å². The minimum atomic E-state index is 0.382. The van der Waals surface area contributed by atoms with E-state index in [1.807, 2.05) is 0 Å². The average molecular weight is 193 g/mol. The van der Waals surface area contributed by atoms with Gasteiger partial charge in [-0.1, -0.05) is 20.3 Å². The fourth-order valence-corrected chi connectivity index (χ4v) is 1.27. The van der Waals surface area contributed by atoms with E-state index in [1.54, 1.807) is 0 Å². The van der Waals surface area contributed by atoms with Gasteiger partial charge in [-0.3, -0.25) is 0 Å². The van der Waals surface area contributed by atoms with E-state index in [1.165, 1.54) is 12.8 Å². The van der Waals surface area contributed by atoms with Crippen molar-refractivity contribution in [1.29, 1.82) is 0 Å². The fraction of sp³-hybridized carbons (Fsp3) is 1.00. The third kappa shape index (κ3) is 5.84. The Bertz CT molecular complexity index is 95.8. The second-order valence-electron chi connectivity index (χ2n) is 3.36. The lowest BCUT2D eigenvalue weighted by Crippen LogP contribution is -2.16. The standard InChI is InChI=1S/C10H21ClO/c1-4-6-10(7-11)8-12-9(3)5-2/h9-10H,4-8H2,1-3H3. The lowest BCUT2D eigenvalue weighted by atomic mass is 10.1. The van der Waals surface area contributed by atoms with Gasteiger partial charge in [-0.15, -0.1) is 11.6 Å². The molecule has 0 fully saturated rings. The number of ether oxygens (including phenoxy) is 1. The number of hydrogen-bond acceptors (Lipinski definition) is 1. The van der Waals surface area contributed by atoms with Gasteiger partial charge < -0.3 is 4.74 Å². The highest BCUT2D eigenvalue weighted by molar-refractivity contribution is 6.18. The lowest BCUT2D eigenvalue weighted by molar-refractivity contribution is 0.0407. The summed E-state index contributed by atoms with van der Waals surface area (Å²) in [6.45, 7) is 7.26. The topological polar surface area (TPSA) is 9.23 Å². The maximum Gasteiger partial charge on any atom is 0.0544 e. The molecule has 2 unspecified atom stereocenters. The molecular weight excluding hydrogens is 172 g/mol. The second kappa shape index (κ2) is 7.88. The Hall–Kier alpha value is 0.250. The Kier molecular flexibility index (Phi) is 8.04. The van der Waals surface area contributed by atoms with Crippen LogP contribution in [-0.2, 0) is 4.74 Å². The third-order valence-electron chi connectivity index (χ3n) is 2.11. The number of halogens is 1. The summed E-state index contributed by atoms with van der Waals surface area (Å²) in [5.41, 5.74) is 0. The highest BCUT2D eigenvalue weighted by atomic mass is 35.5. The van der Waals surface area contributed by atoms with Gasteiger partial charge in [-0.25, -0.2) is 0 Å². The quantitative estimate of drug-likeness (QED) is 0.562. The lowest BCUT2D eigenvalue weighted by Gasteiger charge is -2.16. The zero-order valence-electron chi connectivity index (χ0n) is 8.48. The molecule has 2 heteroatoms. The van der Waals surface area contributed by atoms with Crippen molar-refractivity contribution in [3.63, 3.8) is 0 Å². The summed E-state index contributed by atoms with van der Waals surface area (Å²) in [6, 6.07) is 0. The monoisotopic (exact) mass is 192 g/mol. The van der Waals surface area contributed by atoms with Crippen LogP contribution in [0.25, 0.3) is 0 Å². The maximum atomic E-state index is 5.79. The number of hydrogen-bond donors (Lipinski definition) is 0. The van der Waals surface area contributed by atoms with E-state index in [9.17, 15) is 0 Å². The Labute approximate surface area is 81.4 Å². The Balaban J connectivity index is 3.43. The molecule has 0 saturated carbocycles. The Morgan fingerprint density at radius 2 is 2.00 bits per heavy atom. The fourth-order valence-electron chi connectivity index (χ4n) is 1.03. The molecule has 0 bridgehead atoms. The highest BCUT2D eigenvalue weighted by Crippen LogP contribution is 2.10. The molecule has 0 saturated heterocycles. The molecule has 0 aromatic heterocycles. The van der Waals surface area contributed by atoms with Crippen LogP contribution in [0.5, 0.6) is 0 Å². The van der Waals surface area contributed by atoms with Crippen LogP contribution in [0.4, 0.5) is 0 Å². The summed E-state index contributed by atoms with van der Waals surface area (Å²) in [4.78, 5) is 0. The molecular formula is C10H21ClO. The van der Waals surface area contributed by atoms with Crippen LogP contribution in [0.2, 0.25) is 0 Å². The summed E-state index contributed by atoms with van der Waals surface area (Å²) >= 11 is 5.79. The van der Waals surface area contributed by atoms with Crippen LogP contribution < -0.4 is 0 Å². The predicted octanol–water partition coefficient (Wildman–Crippen LogP) is 3.46. The molecule has 0 aliphatic heterocycles. The summed E-state index contributed by atoms with van der Waals surface area (Å²) in [6.07, 6.45) is 3.84. The molecule has 0 aliphatic rings. The molecule has 0 amide bonds. The smallest absolute Gasteiger partial charge is 0.0544 e. The molecule has 1 nitrogen and oxygen atoms in total. The zero-order valence-corrected chi connectivity index (χ0v) is 9.23. The van der Waals surface area contributed by atoms with Crippen molar-refractivity contribution >= 4 is 11.6 Å². The second-order valence-corrected chi connectivity index (χ2v) is 3.67. The van der Waals surface area contributed by atoms with E-state index in [2.05, 4.69) is 20.8 Å². The first-order valence-electron chi connectivity index (χ1n) is 4.92. The van der Waals surface area contributed by atoms with Gasteiger partial charge in [-0.2, -0.15) is 0 Å². The van der Waals surface area contributed by atoms with Crippen molar-refractivity contribution in [3.05, 3.63) is 0 Å². The molecule has 0 aromatic carbocycles. The van der Waals surface area contributed by atoms with Crippen molar-refractivity contribution in [2.24, 2.45) is 5.92 Å². The van der Waals surface area contributed by atoms with Gasteiger partial charge >= 0.3 is 0 Å². The van der Waals surface area contributed by atoms with Crippen LogP contribution in [0.1, 0.15) is 40.0 Å². The van der Waals surface area contributed by atoms with Gasteiger partial charge in [0.05, 0.1) is 12.7 Å². The zero-order chi connectivity index (χ0) is 9.40. The normalized spacial score (nSPS) is 16.0. The molecule has 0 aliphatic carbocycles. The van der Waals surface area contributed by atoms with E-state index < -0.39 is 0 Å².